The Hall–Kier alpha value is -3.14. The number of amides is 1. The highest BCUT2D eigenvalue weighted by Gasteiger charge is 2.35. The van der Waals surface area contributed by atoms with Crippen LogP contribution in [-0.2, 0) is 13.6 Å². The maximum absolute atomic E-state index is 12.5. The molecule has 1 fully saturated rings. The fourth-order valence-corrected chi connectivity index (χ4v) is 3.41. The van der Waals surface area contributed by atoms with Crippen molar-refractivity contribution >= 4 is 5.91 Å². The second-order valence-corrected chi connectivity index (χ2v) is 7.41. The van der Waals surface area contributed by atoms with Gasteiger partial charge in [0.15, 0.2) is 0 Å². The van der Waals surface area contributed by atoms with Crippen molar-refractivity contribution in [3.63, 3.8) is 0 Å². The molecule has 0 spiro atoms. The summed E-state index contributed by atoms with van der Waals surface area (Å²) in [5, 5.41) is 22.8. The van der Waals surface area contributed by atoms with Gasteiger partial charge >= 0.3 is 0 Å². The standard InChI is InChI=1S/C18H23N9O/c1-25(2)10-16-21-22-17(26(16)3)13-8-14(9-13)20-18(28)12-4-6-15(7-5-12)27-11-19-23-24-27/h4-7,11,13-14H,8-10H2,1-3H3,(H,20,28). The van der Waals surface area contributed by atoms with Gasteiger partial charge in [-0.1, -0.05) is 0 Å². The number of carbonyl (C=O) groups is 1. The summed E-state index contributed by atoms with van der Waals surface area (Å²) < 4.78 is 3.62. The van der Waals surface area contributed by atoms with E-state index in [0.717, 1.165) is 36.7 Å². The molecule has 1 aromatic carbocycles. The van der Waals surface area contributed by atoms with Gasteiger partial charge in [0.1, 0.15) is 18.0 Å². The molecule has 1 aliphatic carbocycles. The van der Waals surface area contributed by atoms with Gasteiger partial charge in [0.2, 0.25) is 0 Å². The lowest BCUT2D eigenvalue weighted by Crippen LogP contribution is -2.44. The molecule has 0 saturated heterocycles. The van der Waals surface area contributed by atoms with E-state index in [4.69, 9.17) is 0 Å². The van der Waals surface area contributed by atoms with E-state index in [2.05, 4.69) is 40.5 Å². The minimum Gasteiger partial charge on any atom is -0.349 e. The van der Waals surface area contributed by atoms with Crippen LogP contribution in [0.3, 0.4) is 0 Å². The molecule has 2 heterocycles. The molecule has 0 radical (unpaired) electrons. The molecule has 146 valence electrons. The van der Waals surface area contributed by atoms with Crippen LogP contribution >= 0.6 is 0 Å². The third-order valence-electron chi connectivity index (χ3n) is 5.04. The van der Waals surface area contributed by atoms with Gasteiger partial charge < -0.3 is 14.8 Å². The maximum Gasteiger partial charge on any atom is 0.251 e. The zero-order valence-corrected chi connectivity index (χ0v) is 16.1. The summed E-state index contributed by atoms with van der Waals surface area (Å²) in [5.41, 5.74) is 1.42. The zero-order chi connectivity index (χ0) is 19.7. The van der Waals surface area contributed by atoms with Gasteiger partial charge in [0.25, 0.3) is 5.91 Å². The van der Waals surface area contributed by atoms with Gasteiger partial charge in [-0.15, -0.1) is 15.3 Å². The molecule has 0 atom stereocenters. The molecule has 0 unspecified atom stereocenters. The fourth-order valence-electron chi connectivity index (χ4n) is 3.41. The Morgan fingerprint density at radius 1 is 1.21 bits per heavy atom. The summed E-state index contributed by atoms with van der Waals surface area (Å²) in [4.78, 5) is 14.6. The third-order valence-corrected chi connectivity index (χ3v) is 5.04. The minimum atomic E-state index is -0.0713. The predicted octanol–water partition coefficient (Wildman–Crippen LogP) is 0.528. The average molecular weight is 381 g/mol. The molecule has 28 heavy (non-hydrogen) atoms. The number of benzene rings is 1. The van der Waals surface area contributed by atoms with Crippen LogP contribution in [0.15, 0.2) is 30.6 Å². The molecule has 10 heteroatoms. The highest BCUT2D eigenvalue weighted by molar-refractivity contribution is 5.94. The van der Waals surface area contributed by atoms with Crippen LogP contribution in [-0.4, -0.2) is 65.9 Å². The quantitative estimate of drug-likeness (QED) is 0.664. The molecule has 10 nitrogen and oxygen atoms in total. The number of tetrazole rings is 1. The van der Waals surface area contributed by atoms with Gasteiger partial charge in [0, 0.05) is 24.6 Å². The number of rotatable bonds is 6. The Kier molecular flexibility index (Phi) is 4.86. The zero-order valence-electron chi connectivity index (χ0n) is 16.1. The Balaban J connectivity index is 1.32. The summed E-state index contributed by atoms with van der Waals surface area (Å²) in [6.07, 6.45) is 3.27. The van der Waals surface area contributed by atoms with Crippen molar-refractivity contribution in [2.24, 2.45) is 7.05 Å². The first-order valence-corrected chi connectivity index (χ1v) is 9.18. The van der Waals surface area contributed by atoms with Gasteiger partial charge in [0.05, 0.1) is 12.2 Å². The van der Waals surface area contributed by atoms with Crippen LogP contribution in [0.4, 0.5) is 0 Å². The fraction of sp³-hybridized carbons (Fsp3) is 0.444. The van der Waals surface area contributed by atoms with Crippen LogP contribution in [0, 0.1) is 0 Å². The highest BCUT2D eigenvalue weighted by atomic mass is 16.1. The number of aromatic nitrogens is 7. The first kappa shape index (κ1) is 18.2. The molecule has 2 aromatic heterocycles. The lowest BCUT2D eigenvalue weighted by atomic mass is 9.79. The van der Waals surface area contributed by atoms with E-state index < -0.39 is 0 Å². The summed E-state index contributed by atoms with van der Waals surface area (Å²) >= 11 is 0. The van der Waals surface area contributed by atoms with Crippen LogP contribution < -0.4 is 5.32 Å². The van der Waals surface area contributed by atoms with E-state index >= 15 is 0 Å². The normalized spacial score (nSPS) is 18.9. The largest absolute Gasteiger partial charge is 0.349 e. The molecule has 1 N–H and O–H groups in total. The molecular weight excluding hydrogens is 358 g/mol. The van der Waals surface area contributed by atoms with Gasteiger partial charge in [-0.05, 0) is 61.6 Å². The van der Waals surface area contributed by atoms with Crippen molar-refractivity contribution in [3.05, 3.63) is 47.8 Å². The second kappa shape index (κ2) is 7.47. The van der Waals surface area contributed by atoms with E-state index in [9.17, 15) is 4.79 Å². The van der Waals surface area contributed by atoms with E-state index in [1.165, 1.54) is 6.33 Å². The van der Waals surface area contributed by atoms with Crippen molar-refractivity contribution in [2.75, 3.05) is 14.1 Å². The number of carbonyl (C=O) groups excluding carboxylic acids is 1. The maximum atomic E-state index is 12.5. The Labute approximate surface area is 162 Å². The summed E-state index contributed by atoms with van der Waals surface area (Å²) in [5.74, 6) is 2.21. The van der Waals surface area contributed by atoms with Crippen LogP contribution in [0.1, 0.15) is 40.8 Å². The lowest BCUT2D eigenvalue weighted by Gasteiger charge is -2.35. The van der Waals surface area contributed by atoms with Crippen LogP contribution in [0.25, 0.3) is 5.69 Å². The van der Waals surface area contributed by atoms with Crippen LogP contribution in [0.2, 0.25) is 0 Å². The monoisotopic (exact) mass is 381 g/mol. The molecular formula is C18H23N9O. The molecule has 0 aliphatic heterocycles. The Morgan fingerprint density at radius 2 is 1.96 bits per heavy atom. The van der Waals surface area contributed by atoms with E-state index in [1.54, 1.807) is 16.8 Å². The number of hydrogen-bond donors (Lipinski definition) is 1. The molecule has 4 rings (SSSR count). The first-order valence-electron chi connectivity index (χ1n) is 9.18. The summed E-state index contributed by atoms with van der Waals surface area (Å²) in [6.45, 7) is 0.761. The Morgan fingerprint density at radius 3 is 2.61 bits per heavy atom. The third kappa shape index (κ3) is 3.63. The van der Waals surface area contributed by atoms with Gasteiger partial charge in [-0.25, -0.2) is 4.68 Å². The number of hydrogen-bond acceptors (Lipinski definition) is 7. The first-order chi connectivity index (χ1) is 13.5. The lowest BCUT2D eigenvalue weighted by molar-refractivity contribution is 0.0907. The molecule has 1 saturated carbocycles. The molecule has 1 aliphatic rings. The van der Waals surface area contributed by atoms with E-state index in [0.29, 0.717) is 11.5 Å². The average Bonchev–Trinajstić information content (AvgIpc) is 3.29. The van der Waals surface area contributed by atoms with E-state index in [-0.39, 0.29) is 11.9 Å². The van der Waals surface area contributed by atoms with Crippen molar-refractivity contribution in [2.45, 2.75) is 31.3 Å². The SMILES string of the molecule is CN(C)Cc1nnc(C2CC(NC(=O)c3ccc(-n4cnnn4)cc3)C2)n1C. The van der Waals surface area contributed by atoms with Gasteiger partial charge in [-0.3, -0.25) is 4.79 Å². The van der Waals surface area contributed by atoms with Crippen molar-refractivity contribution in [1.82, 2.24) is 45.2 Å². The Bertz CT molecular complexity index is 940. The predicted molar refractivity (Wildman–Crippen MR) is 101 cm³/mol. The molecule has 1 amide bonds. The topological polar surface area (TPSA) is 107 Å². The number of nitrogens with zero attached hydrogens (tertiary/aromatic N) is 8. The molecule has 0 bridgehead atoms. The second-order valence-electron chi connectivity index (χ2n) is 7.41. The molecule has 3 aromatic rings. The van der Waals surface area contributed by atoms with Crippen molar-refractivity contribution in [3.8, 4) is 5.69 Å². The van der Waals surface area contributed by atoms with Gasteiger partial charge in [-0.2, -0.15) is 0 Å². The smallest absolute Gasteiger partial charge is 0.251 e. The van der Waals surface area contributed by atoms with Crippen molar-refractivity contribution in [1.29, 1.82) is 0 Å². The highest BCUT2D eigenvalue weighted by Crippen LogP contribution is 2.36. The van der Waals surface area contributed by atoms with Crippen molar-refractivity contribution < 1.29 is 4.79 Å². The van der Waals surface area contributed by atoms with Crippen LogP contribution in [0.5, 0.6) is 0 Å². The van der Waals surface area contributed by atoms with E-state index in [1.807, 2.05) is 33.3 Å². The summed E-state index contributed by atoms with van der Waals surface area (Å²) in [6, 6.07) is 7.35. The summed E-state index contributed by atoms with van der Waals surface area (Å²) in [7, 11) is 6.03. The number of nitrogens with one attached hydrogen (secondary N) is 1. The minimum absolute atomic E-state index is 0.0713.